The van der Waals surface area contributed by atoms with Gasteiger partial charge in [-0.15, -0.1) is 0 Å². The van der Waals surface area contributed by atoms with Crippen LogP contribution in [0.4, 0.5) is 0 Å². The van der Waals surface area contributed by atoms with Gasteiger partial charge in [0.2, 0.25) is 0 Å². The maximum Gasteiger partial charge on any atom is 0.317 e. The molecule has 0 radical (unpaired) electrons. The van der Waals surface area contributed by atoms with E-state index in [0.29, 0.717) is 24.2 Å². The van der Waals surface area contributed by atoms with Gasteiger partial charge < -0.3 is 14.9 Å². The Morgan fingerprint density at radius 2 is 1.59 bits per heavy atom. The molecule has 34 heavy (non-hydrogen) atoms. The number of allylic oxidation sites excluding steroid dienone is 1. The van der Waals surface area contributed by atoms with E-state index in [9.17, 15) is 15.0 Å². The first kappa shape index (κ1) is 23.5. The average molecular weight is 471 g/mol. The van der Waals surface area contributed by atoms with Gasteiger partial charge in [0.25, 0.3) is 0 Å². The van der Waals surface area contributed by atoms with Crippen molar-refractivity contribution in [3.8, 4) is 0 Å². The minimum absolute atomic E-state index is 0.0124. The van der Waals surface area contributed by atoms with Crippen LogP contribution in [0.2, 0.25) is 0 Å². The van der Waals surface area contributed by atoms with Crippen LogP contribution in [0.25, 0.3) is 0 Å². The lowest BCUT2D eigenvalue weighted by Crippen LogP contribution is -2.66. The molecule has 0 aromatic carbocycles. The van der Waals surface area contributed by atoms with Gasteiger partial charge >= 0.3 is 5.97 Å². The van der Waals surface area contributed by atoms with Crippen LogP contribution >= 0.6 is 0 Å². The lowest BCUT2D eigenvalue weighted by Gasteiger charge is -2.71. The molecule has 10 unspecified atom stereocenters. The van der Waals surface area contributed by atoms with Crippen molar-refractivity contribution in [2.24, 2.45) is 44.8 Å². The highest BCUT2D eigenvalue weighted by molar-refractivity contribution is 5.87. The number of fused-ring (bicyclic) bond motifs is 5. The summed E-state index contributed by atoms with van der Waals surface area (Å²) in [7, 11) is 0. The van der Waals surface area contributed by atoms with Crippen molar-refractivity contribution in [2.75, 3.05) is 0 Å². The SMILES string of the molecule is CC1CCC23CCC4(C)C(=C2C1(C)OC3=O)CCC1C2(C)CC(O)C(O)C(C)(C)C2CCC14C. The number of ether oxygens (including phenoxy) is 1. The van der Waals surface area contributed by atoms with Gasteiger partial charge in [-0.1, -0.05) is 47.1 Å². The molecule has 0 aromatic heterocycles. The lowest BCUT2D eigenvalue weighted by atomic mass is 9.34. The van der Waals surface area contributed by atoms with Crippen LogP contribution in [-0.4, -0.2) is 34.0 Å². The zero-order valence-electron chi connectivity index (χ0n) is 22.5. The van der Waals surface area contributed by atoms with E-state index in [1.54, 1.807) is 5.57 Å². The third-order valence-corrected chi connectivity index (χ3v) is 13.6. The molecular formula is C30H46O4. The zero-order chi connectivity index (χ0) is 24.7. The van der Waals surface area contributed by atoms with E-state index >= 15 is 0 Å². The molecule has 2 N–H and O–H groups in total. The fourth-order valence-corrected chi connectivity index (χ4v) is 11.4. The Kier molecular flexibility index (Phi) is 4.51. The van der Waals surface area contributed by atoms with Crippen LogP contribution in [0.1, 0.15) is 106 Å². The van der Waals surface area contributed by atoms with Crippen molar-refractivity contribution in [3.05, 3.63) is 11.1 Å². The number of aliphatic hydroxyl groups is 2. The van der Waals surface area contributed by atoms with Gasteiger partial charge in [-0.3, -0.25) is 4.79 Å². The Hall–Kier alpha value is -0.870. The van der Waals surface area contributed by atoms with E-state index in [-0.39, 0.29) is 33.0 Å². The van der Waals surface area contributed by atoms with Crippen molar-refractivity contribution in [2.45, 2.75) is 124 Å². The lowest BCUT2D eigenvalue weighted by molar-refractivity contribution is -0.232. The normalized spacial score (nSPS) is 57.8. The Morgan fingerprint density at radius 1 is 0.882 bits per heavy atom. The highest BCUT2D eigenvalue weighted by atomic mass is 16.6. The number of aliphatic hydroxyl groups excluding tert-OH is 2. The molecule has 6 rings (SSSR count). The molecule has 6 aliphatic rings. The molecule has 4 saturated carbocycles. The molecule has 4 heteroatoms. The van der Waals surface area contributed by atoms with Gasteiger partial charge in [-0.25, -0.2) is 0 Å². The molecule has 0 spiro atoms. The topological polar surface area (TPSA) is 66.8 Å². The second-order valence-electron chi connectivity index (χ2n) is 14.8. The van der Waals surface area contributed by atoms with E-state index in [4.69, 9.17) is 4.74 Å². The minimum atomic E-state index is -0.652. The van der Waals surface area contributed by atoms with Crippen LogP contribution in [0.15, 0.2) is 11.1 Å². The van der Waals surface area contributed by atoms with E-state index in [0.717, 1.165) is 51.4 Å². The molecule has 4 nitrogen and oxygen atoms in total. The second kappa shape index (κ2) is 6.52. The van der Waals surface area contributed by atoms with Crippen molar-refractivity contribution >= 4 is 5.97 Å². The summed E-state index contributed by atoms with van der Waals surface area (Å²) in [5, 5.41) is 21.9. The van der Waals surface area contributed by atoms with Gasteiger partial charge in [-0.05, 0) is 110 Å². The number of hydrogen-bond donors (Lipinski definition) is 2. The van der Waals surface area contributed by atoms with Crippen LogP contribution in [-0.2, 0) is 9.53 Å². The molecule has 1 saturated heterocycles. The molecule has 10 atom stereocenters. The first-order valence-corrected chi connectivity index (χ1v) is 14.0. The number of esters is 1. The largest absolute Gasteiger partial charge is 0.454 e. The molecule has 1 aliphatic heterocycles. The Labute approximate surface area is 205 Å². The maximum atomic E-state index is 13.4. The average Bonchev–Trinajstić information content (AvgIpc) is 2.93. The summed E-state index contributed by atoms with van der Waals surface area (Å²) in [4.78, 5) is 13.4. The monoisotopic (exact) mass is 470 g/mol. The minimum Gasteiger partial charge on any atom is -0.454 e. The first-order chi connectivity index (χ1) is 15.7. The Balaban J connectivity index is 1.50. The summed E-state index contributed by atoms with van der Waals surface area (Å²) in [6.07, 6.45) is 7.85. The van der Waals surface area contributed by atoms with Gasteiger partial charge in [0.15, 0.2) is 0 Å². The number of carbonyl (C=O) groups excluding carboxylic acids is 1. The molecule has 0 aromatic rings. The summed E-state index contributed by atoms with van der Waals surface area (Å²) in [6.45, 7) is 16.3. The third-order valence-electron chi connectivity index (χ3n) is 13.6. The standard InChI is InChI=1S/C30H46O4/c1-17-10-13-30-15-14-27(5)18(22(30)29(17,7)34-24(30)33)8-9-21-26(4)16-19(31)23(32)25(2,3)20(26)11-12-28(21,27)6/h17,19-21,23,31-32H,8-16H2,1-7H3. The highest BCUT2D eigenvalue weighted by Gasteiger charge is 2.72. The third kappa shape index (κ3) is 2.33. The van der Waals surface area contributed by atoms with Crippen molar-refractivity contribution < 1.29 is 19.7 Å². The first-order valence-electron chi connectivity index (χ1n) is 14.0. The van der Waals surface area contributed by atoms with Crippen molar-refractivity contribution in [3.63, 3.8) is 0 Å². The quantitative estimate of drug-likeness (QED) is 0.347. The molecular weight excluding hydrogens is 424 g/mol. The summed E-state index contributed by atoms with van der Waals surface area (Å²) >= 11 is 0. The van der Waals surface area contributed by atoms with Crippen LogP contribution < -0.4 is 0 Å². The van der Waals surface area contributed by atoms with Gasteiger partial charge in [0, 0.05) is 0 Å². The molecule has 190 valence electrons. The molecule has 5 aliphatic carbocycles. The van der Waals surface area contributed by atoms with Crippen molar-refractivity contribution in [1.82, 2.24) is 0 Å². The molecule has 2 bridgehead atoms. The summed E-state index contributed by atoms with van der Waals surface area (Å²) in [5.41, 5.74) is 2.06. The summed E-state index contributed by atoms with van der Waals surface area (Å²) in [5.74, 6) is 1.34. The predicted molar refractivity (Wildman–Crippen MR) is 132 cm³/mol. The van der Waals surface area contributed by atoms with E-state index in [1.807, 2.05) is 0 Å². The number of carbonyl (C=O) groups is 1. The second-order valence-corrected chi connectivity index (χ2v) is 14.8. The van der Waals surface area contributed by atoms with E-state index in [1.165, 1.54) is 5.57 Å². The van der Waals surface area contributed by atoms with Crippen LogP contribution in [0.3, 0.4) is 0 Å². The van der Waals surface area contributed by atoms with Gasteiger partial charge in [0.05, 0.1) is 17.6 Å². The Morgan fingerprint density at radius 3 is 2.29 bits per heavy atom. The fraction of sp³-hybridized carbons (Fsp3) is 0.900. The zero-order valence-corrected chi connectivity index (χ0v) is 22.5. The fourth-order valence-electron chi connectivity index (χ4n) is 11.4. The number of rotatable bonds is 0. The molecule has 1 heterocycles. The number of hydrogen-bond acceptors (Lipinski definition) is 4. The Bertz CT molecular complexity index is 982. The highest BCUT2D eigenvalue weighted by Crippen LogP contribution is 2.76. The van der Waals surface area contributed by atoms with E-state index in [2.05, 4.69) is 48.5 Å². The molecule has 0 amide bonds. The molecule has 5 fully saturated rings. The maximum absolute atomic E-state index is 13.4. The summed E-state index contributed by atoms with van der Waals surface area (Å²) < 4.78 is 6.29. The van der Waals surface area contributed by atoms with Crippen LogP contribution in [0.5, 0.6) is 0 Å². The van der Waals surface area contributed by atoms with Crippen molar-refractivity contribution in [1.29, 1.82) is 0 Å². The predicted octanol–water partition coefficient (Wildman–Crippen LogP) is 5.80. The summed E-state index contributed by atoms with van der Waals surface area (Å²) in [6, 6.07) is 0. The van der Waals surface area contributed by atoms with Gasteiger partial charge in [-0.2, -0.15) is 0 Å². The van der Waals surface area contributed by atoms with Gasteiger partial charge in [0.1, 0.15) is 5.60 Å². The van der Waals surface area contributed by atoms with Crippen LogP contribution in [0, 0.1) is 44.8 Å². The van der Waals surface area contributed by atoms with E-state index < -0.39 is 17.8 Å². The smallest absolute Gasteiger partial charge is 0.317 e.